The average Bonchev–Trinajstić information content (AvgIpc) is 2.55. The molecule has 0 bridgehead atoms. The SMILES string of the molecule is COCc1ccccc1CNC(=O)NOCc1ccccc1. The fourth-order valence-corrected chi connectivity index (χ4v) is 2.00. The van der Waals surface area contributed by atoms with Crippen molar-refractivity contribution in [1.82, 2.24) is 10.8 Å². The summed E-state index contributed by atoms with van der Waals surface area (Å²) in [4.78, 5) is 16.9. The molecule has 0 fully saturated rings. The summed E-state index contributed by atoms with van der Waals surface area (Å²) >= 11 is 0. The van der Waals surface area contributed by atoms with Crippen molar-refractivity contribution in [2.24, 2.45) is 0 Å². The van der Waals surface area contributed by atoms with Gasteiger partial charge in [0, 0.05) is 13.7 Å². The molecule has 5 heteroatoms. The van der Waals surface area contributed by atoms with Crippen LogP contribution < -0.4 is 10.8 Å². The Morgan fingerprint density at radius 1 is 0.955 bits per heavy atom. The molecule has 0 aliphatic heterocycles. The van der Waals surface area contributed by atoms with Crippen LogP contribution in [0.5, 0.6) is 0 Å². The Hall–Kier alpha value is -2.37. The minimum Gasteiger partial charge on any atom is -0.380 e. The summed E-state index contributed by atoms with van der Waals surface area (Å²) in [7, 11) is 1.65. The fraction of sp³-hybridized carbons (Fsp3) is 0.235. The molecule has 2 aromatic carbocycles. The van der Waals surface area contributed by atoms with E-state index in [1.807, 2.05) is 54.6 Å². The third kappa shape index (κ3) is 5.20. The Morgan fingerprint density at radius 3 is 2.36 bits per heavy atom. The first-order valence-corrected chi connectivity index (χ1v) is 7.05. The minimum atomic E-state index is -0.372. The monoisotopic (exact) mass is 300 g/mol. The summed E-state index contributed by atoms with van der Waals surface area (Å²) in [5, 5.41) is 2.75. The zero-order chi connectivity index (χ0) is 15.6. The lowest BCUT2D eigenvalue weighted by atomic mass is 10.1. The molecule has 2 aromatic rings. The number of benzene rings is 2. The van der Waals surface area contributed by atoms with Crippen LogP contribution in [-0.4, -0.2) is 13.1 Å². The van der Waals surface area contributed by atoms with E-state index in [-0.39, 0.29) is 6.03 Å². The smallest absolute Gasteiger partial charge is 0.338 e. The number of amides is 2. The van der Waals surface area contributed by atoms with E-state index >= 15 is 0 Å². The summed E-state index contributed by atoms with van der Waals surface area (Å²) in [6.07, 6.45) is 0. The van der Waals surface area contributed by atoms with Crippen molar-refractivity contribution in [2.75, 3.05) is 7.11 Å². The van der Waals surface area contributed by atoms with E-state index in [0.29, 0.717) is 19.8 Å². The molecular formula is C17H20N2O3. The van der Waals surface area contributed by atoms with Gasteiger partial charge in [-0.3, -0.25) is 4.84 Å². The van der Waals surface area contributed by atoms with Gasteiger partial charge in [-0.2, -0.15) is 0 Å². The molecule has 0 atom stereocenters. The van der Waals surface area contributed by atoms with Gasteiger partial charge in [0.25, 0.3) is 0 Å². The summed E-state index contributed by atoms with van der Waals surface area (Å²) in [5.74, 6) is 0. The van der Waals surface area contributed by atoms with E-state index in [2.05, 4.69) is 10.8 Å². The number of ether oxygens (including phenoxy) is 1. The molecule has 0 heterocycles. The molecule has 0 unspecified atom stereocenters. The third-order valence-corrected chi connectivity index (χ3v) is 3.10. The van der Waals surface area contributed by atoms with E-state index in [9.17, 15) is 4.79 Å². The van der Waals surface area contributed by atoms with Gasteiger partial charge in [0.1, 0.15) is 0 Å². The van der Waals surface area contributed by atoms with Crippen LogP contribution in [-0.2, 0) is 29.3 Å². The number of hydrogen-bond donors (Lipinski definition) is 2. The first kappa shape index (κ1) is 16.0. The second-order valence-electron chi connectivity index (χ2n) is 4.76. The lowest BCUT2D eigenvalue weighted by molar-refractivity contribution is 0.0489. The van der Waals surface area contributed by atoms with E-state index in [1.165, 1.54) is 0 Å². The third-order valence-electron chi connectivity index (χ3n) is 3.10. The summed E-state index contributed by atoms with van der Waals surface area (Å²) in [5.41, 5.74) is 5.43. The van der Waals surface area contributed by atoms with E-state index in [0.717, 1.165) is 16.7 Å². The highest BCUT2D eigenvalue weighted by Gasteiger charge is 2.04. The predicted octanol–water partition coefficient (Wildman–Crippen LogP) is 2.76. The number of methoxy groups -OCH3 is 1. The van der Waals surface area contributed by atoms with Gasteiger partial charge in [-0.1, -0.05) is 54.6 Å². The zero-order valence-corrected chi connectivity index (χ0v) is 12.5. The Bertz CT molecular complexity index is 587. The quantitative estimate of drug-likeness (QED) is 0.773. The maximum Gasteiger partial charge on any atom is 0.338 e. The van der Waals surface area contributed by atoms with Crippen molar-refractivity contribution in [1.29, 1.82) is 0 Å². The standard InChI is InChI=1S/C17H20N2O3/c1-21-13-16-10-6-5-9-15(16)11-18-17(20)19-22-12-14-7-3-2-4-8-14/h2-10H,11-13H2,1H3,(H2,18,19,20). The van der Waals surface area contributed by atoms with E-state index in [4.69, 9.17) is 9.57 Å². The van der Waals surface area contributed by atoms with Crippen LogP contribution in [0.1, 0.15) is 16.7 Å². The molecule has 0 aliphatic rings. The van der Waals surface area contributed by atoms with Gasteiger partial charge >= 0.3 is 6.03 Å². The number of carbonyl (C=O) groups excluding carboxylic acids is 1. The molecule has 0 radical (unpaired) electrons. The van der Waals surface area contributed by atoms with Crippen molar-refractivity contribution < 1.29 is 14.4 Å². The van der Waals surface area contributed by atoms with Crippen LogP contribution in [0.15, 0.2) is 54.6 Å². The molecule has 2 N–H and O–H groups in total. The Labute approximate surface area is 130 Å². The highest BCUT2D eigenvalue weighted by Crippen LogP contribution is 2.09. The van der Waals surface area contributed by atoms with Crippen LogP contribution in [0, 0.1) is 0 Å². The Morgan fingerprint density at radius 2 is 1.64 bits per heavy atom. The average molecular weight is 300 g/mol. The van der Waals surface area contributed by atoms with E-state index in [1.54, 1.807) is 7.11 Å². The van der Waals surface area contributed by atoms with Gasteiger partial charge in [-0.25, -0.2) is 10.3 Å². The minimum absolute atomic E-state index is 0.328. The maximum absolute atomic E-state index is 11.7. The number of hydrogen-bond acceptors (Lipinski definition) is 3. The number of carbonyl (C=O) groups is 1. The van der Waals surface area contributed by atoms with E-state index < -0.39 is 0 Å². The molecular weight excluding hydrogens is 280 g/mol. The van der Waals surface area contributed by atoms with Gasteiger partial charge in [0.05, 0.1) is 13.2 Å². The van der Waals surface area contributed by atoms with Gasteiger partial charge in [-0.15, -0.1) is 0 Å². The predicted molar refractivity (Wildman–Crippen MR) is 83.8 cm³/mol. The zero-order valence-electron chi connectivity index (χ0n) is 12.5. The number of rotatable bonds is 7. The van der Waals surface area contributed by atoms with Gasteiger partial charge in [0.2, 0.25) is 0 Å². The van der Waals surface area contributed by atoms with Gasteiger partial charge in [0.15, 0.2) is 0 Å². The van der Waals surface area contributed by atoms with Crippen molar-refractivity contribution in [3.05, 3.63) is 71.3 Å². The Balaban J connectivity index is 1.74. The first-order valence-electron chi connectivity index (χ1n) is 7.05. The largest absolute Gasteiger partial charge is 0.380 e. The molecule has 0 aromatic heterocycles. The topological polar surface area (TPSA) is 59.6 Å². The van der Waals surface area contributed by atoms with Crippen LogP contribution in [0.2, 0.25) is 0 Å². The van der Waals surface area contributed by atoms with Crippen molar-refractivity contribution in [3.63, 3.8) is 0 Å². The number of urea groups is 1. The second-order valence-corrected chi connectivity index (χ2v) is 4.76. The van der Waals surface area contributed by atoms with Crippen molar-refractivity contribution in [3.8, 4) is 0 Å². The highest BCUT2D eigenvalue weighted by molar-refractivity contribution is 5.72. The molecule has 2 amide bonds. The fourth-order valence-electron chi connectivity index (χ4n) is 2.00. The van der Waals surface area contributed by atoms with Crippen molar-refractivity contribution >= 4 is 6.03 Å². The van der Waals surface area contributed by atoms with Gasteiger partial charge in [-0.05, 0) is 16.7 Å². The molecule has 0 saturated heterocycles. The van der Waals surface area contributed by atoms with Crippen molar-refractivity contribution in [2.45, 2.75) is 19.8 Å². The number of hydroxylamine groups is 1. The van der Waals surface area contributed by atoms with Crippen LogP contribution in [0.3, 0.4) is 0 Å². The van der Waals surface area contributed by atoms with Crippen LogP contribution >= 0.6 is 0 Å². The molecule has 116 valence electrons. The summed E-state index contributed by atoms with van der Waals surface area (Å²) in [6.45, 7) is 1.26. The summed E-state index contributed by atoms with van der Waals surface area (Å²) < 4.78 is 5.14. The lowest BCUT2D eigenvalue weighted by Crippen LogP contribution is -2.35. The molecule has 5 nitrogen and oxygen atoms in total. The first-order chi connectivity index (χ1) is 10.8. The Kier molecular flexibility index (Phi) is 6.41. The second kappa shape index (κ2) is 8.81. The van der Waals surface area contributed by atoms with Crippen LogP contribution in [0.25, 0.3) is 0 Å². The molecule has 22 heavy (non-hydrogen) atoms. The van der Waals surface area contributed by atoms with Gasteiger partial charge < -0.3 is 10.1 Å². The molecule has 0 saturated carbocycles. The normalized spacial score (nSPS) is 10.2. The number of nitrogens with one attached hydrogen (secondary N) is 2. The van der Waals surface area contributed by atoms with Crippen LogP contribution in [0.4, 0.5) is 4.79 Å². The molecule has 0 spiro atoms. The maximum atomic E-state index is 11.7. The highest BCUT2D eigenvalue weighted by atomic mass is 16.7. The summed E-state index contributed by atoms with van der Waals surface area (Å²) in [6, 6.07) is 17.1. The lowest BCUT2D eigenvalue weighted by Gasteiger charge is -2.11. The molecule has 0 aliphatic carbocycles. The molecule has 2 rings (SSSR count).